The average molecular weight is 302 g/mol. The third-order valence-electron chi connectivity index (χ3n) is 5.78. The first kappa shape index (κ1) is 14.1. The van der Waals surface area contributed by atoms with Gasteiger partial charge in [0.2, 0.25) is 5.91 Å². The topological polar surface area (TPSA) is 50.2 Å². The number of carbonyl (C=O) groups is 1. The van der Waals surface area contributed by atoms with Gasteiger partial charge in [-0.2, -0.15) is 5.10 Å². The van der Waals surface area contributed by atoms with Gasteiger partial charge in [-0.15, -0.1) is 0 Å². The highest BCUT2D eigenvalue weighted by Gasteiger charge is 2.54. The number of nitrogens with zero attached hydrogens (tertiary/aromatic N) is 3. The summed E-state index contributed by atoms with van der Waals surface area (Å²) >= 11 is 0. The summed E-state index contributed by atoms with van der Waals surface area (Å²) in [6.45, 7) is 1.98. The van der Waals surface area contributed by atoms with Crippen LogP contribution in [0.15, 0.2) is 12.4 Å². The number of piperidine rings is 1. The van der Waals surface area contributed by atoms with E-state index in [-0.39, 0.29) is 0 Å². The lowest BCUT2D eigenvalue weighted by Gasteiger charge is -2.33. The van der Waals surface area contributed by atoms with E-state index in [1.54, 1.807) is 0 Å². The lowest BCUT2D eigenvalue weighted by Crippen LogP contribution is -2.48. The molecular formula is C17H26N4O. The Labute approximate surface area is 132 Å². The summed E-state index contributed by atoms with van der Waals surface area (Å²) in [5.74, 6) is 2.06. The molecule has 3 aliphatic rings. The van der Waals surface area contributed by atoms with Crippen molar-refractivity contribution in [3.8, 4) is 0 Å². The van der Waals surface area contributed by atoms with Gasteiger partial charge >= 0.3 is 0 Å². The van der Waals surface area contributed by atoms with E-state index in [9.17, 15) is 4.79 Å². The van der Waals surface area contributed by atoms with Gasteiger partial charge in [-0.25, -0.2) is 0 Å². The SMILES string of the molecule is Cn1cc(N2CCC[C@H](NC(=O)C3[C@H]4CCCC[C@@H]34)C2)cn1. The number of rotatable bonds is 3. The van der Waals surface area contributed by atoms with Crippen LogP contribution in [-0.4, -0.2) is 34.8 Å². The number of hydrogen-bond donors (Lipinski definition) is 1. The zero-order chi connectivity index (χ0) is 15.1. The minimum Gasteiger partial charge on any atom is -0.367 e. The van der Waals surface area contributed by atoms with Crippen LogP contribution in [0.2, 0.25) is 0 Å². The molecule has 0 aromatic carbocycles. The zero-order valence-electron chi connectivity index (χ0n) is 13.4. The van der Waals surface area contributed by atoms with E-state index < -0.39 is 0 Å². The molecule has 1 aliphatic heterocycles. The first-order valence-corrected chi connectivity index (χ1v) is 8.76. The number of fused-ring (bicyclic) bond motifs is 1. The van der Waals surface area contributed by atoms with Crippen LogP contribution >= 0.6 is 0 Å². The fourth-order valence-corrected chi connectivity index (χ4v) is 4.58. The predicted octanol–water partition coefficient (Wildman–Crippen LogP) is 1.94. The van der Waals surface area contributed by atoms with Crippen molar-refractivity contribution in [2.45, 2.75) is 44.6 Å². The van der Waals surface area contributed by atoms with Crippen molar-refractivity contribution in [3.05, 3.63) is 12.4 Å². The normalized spacial score (nSPS) is 34.1. The van der Waals surface area contributed by atoms with Crippen molar-refractivity contribution in [3.63, 3.8) is 0 Å². The van der Waals surface area contributed by atoms with Gasteiger partial charge in [0.1, 0.15) is 0 Å². The van der Waals surface area contributed by atoms with Gasteiger partial charge in [0.15, 0.2) is 0 Å². The molecule has 22 heavy (non-hydrogen) atoms. The smallest absolute Gasteiger partial charge is 0.223 e. The van der Waals surface area contributed by atoms with Crippen LogP contribution in [0.25, 0.3) is 0 Å². The van der Waals surface area contributed by atoms with Gasteiger partial charge in [-0.3, -0.25) is 9.48 Å². The summed E-state index contributed by atoms with van der Waals surface area (Å²) in [5, 5.41) is 7.59. The Morgan fingerprint density at radius 2 is 2.00 bits per heavy atom. The maximum Gasteiger partial charge on any atom is 0.223 e. The molecule has 1 saturated heterocycles. The number of aryl methyl sites for hydroxylation is 1. The highest BCUT2D eigenvalue weighted by Crippen LogP contribution is 2.55. The number of anilines is 1. The van der Waals surface area contributed by atoms with Gasteiger partial charge in [0.25, 0.3) is 0 Å². The van der Waals surface area contributed by atoms with E-state index in [0.29, 0.717) is 29.7 Å². The molecule has 0 radical (unpaired) electrons. The van der Waals surface area contributed by atoms with Crippen molar-refractivity contribution in [2.24, 2.45) is 24.8 Å². The van der Waals surface area contributed by atoms with Crippen LogP contribution < -0.4 is 10.2 Å². The molecule has 1 amide bonds. The molecule has 2 saturated carbocycles. The van der Waals surface area contributed by atoms with Gasteiger partial charge in [-0.05, 0) is 37.5 Å². The fraction of sp³-hybridized carbons (Fsp3) is 0.765. The third kappa shape index (κ3) is 2.61. The molecule has 1 N–H and O–H groups in total. The second kappa shape index (κ2) is 5.60. The molecular weight excluding hydrogens is 276 g/mol. The van der Waals surface area contributed by atoms with Gasteiger partial charge in [0.05, 0.1) is 11.9 Å². The molecule has 4 atom stereocenters. The Hall–Kier alpha value is -1.52. The monoisotopic (exact) mass is 302 g/mol. The van der Waals surface area contributed by atoms with Crippen LogP contribution in [-0.2, 0) is 11.8 Å². The number of carbonyl (C=O) groups excluding carboxylic acids is 1. The van der Waals surface area contributed by atoms with E-state index in [2.05, 4.69) is 21.5 Å². The standard InChI is InChI=1S/C17H26N4O/c1-20-11-13(9-18-20)21-8-4-5-12(10-21)19-17(22)16-14-6-2-3-7-15(14)16/h9,11-12,14-16H,2-8,10H2,1H3,(H,19,22)/t12-,14-,15+,16?/m0/s1. The Kier molecular flexibility index (Phi) is 3.59. The molecule has 120 valence electrons. The second-order valence-electron chi connectivity index (χ2n) is 7.30. The zero-order valence-corrected chi connectivity index (χ0v) is 13.4. The molecule has 5 heteroatoms. The maximum atomic E-state index is 12.5. The van der Waals surface area contributed by atoms with E-state index in [0.717, 1.165) is 25.9 Å². The fourth-order valence-electron chi connectivity index (χ4n) is 4.58. The van der Waals surface area contributed by atoms with E-state index >= 15 is 0 Å². The largest absolute Gasteiger partial charge is 0.367 e. The summed E-state index contributed by atoms with van der Waals surface area (Å²) in [5.41, 5.74) is 1.17. The van der Waals surface area contributed by atoms with Crippen molar-refractivity contribution < 1.29 is 4.79 Å². The highest BCUT2D eigenvalue weighted by molar-refractivity contribution is 5.82. The Morgan fingerprint density at radius 1 is 1.23 bits per heavy atom. The van der Waals surface area contributed by atoms with Crippen molar-refractivity contribution in [1.29, 1.82) is 0 Å². The molecule has 4 rings (SSSR count). The molecule has 5 nitrogen and oxygen atoms in total. The summed E-state index contributed by atoms with van der Waals surface area (Å²) in [4.78, 5) is 14.9. The summed E-state index contributed by atoms with van der Waals surface area (Å²) in [6.07, 6.45) is 11.4. The molecule has 1 aromatic heterocycles. The second-order valence-corrected chi connectivity index (χ2v) is 7.30. The van der Waals surface area contributed by atoms with Crippen LogP contribution in [0.3, 0.4) is 0 Å². The quantitative estimate of drug-likeness (QED) is 0.928. The van der Waals surface area contributed by atoms with Gasteiger partial charge < -0.3 is 10.2 Å². The molecule has 2 heterocycles. The first-order chi connectivity index (χ1) is 10.7. The third-order valence-corrected chi connectivity index (χ3v) is 5.78. The summed E-state index contributed by atoms with van der Waals surface area (Å²) in [6, 6.07) is 0.295. The van der Waals surface area contributed by atoms with Gasteiger partial charge in [0, 0.05) is 38.3 Å². The summed E-state index contributed by atoms with van der Waals surface area (Å²) in [7, 11) is 1.95. The minimum absolute atomic E-state index is 0.295. The number of aromatic nitrogens is 2. The van der Waals surface area contributed by atoms with Gasteiger partial charge in [-0.1, -0.05) is 12.8 Å². The highest BCUT2D eigenvalue weighted by atomic mass is 16.2. The summed E-state index contributed by atoms with van der Waals surface area (Å²) < 4.78 is 1.84. The van der Waals surface area contributed by atoms with E-state index in [1.807, 2.05) is 17.9 Å². The molecule has 1 aromatic rings. The molecule has 1 unspecified atom stereocenters. The Morgan fingerprint density at radius 3 is 2.68 bits per heavy atom. The lowest BCUT2D eigenvalue weighted by atomic mass is 10.0. The Bertz CT molecular complexity index is 543. The molecule has 0 bridgehead atoms. The predicted molar refractivity (Wildman–Crippen MR) is 85.5 cm³/mol. The first-order valence-electron chi connectivity index (χ1n) is 8.76. The van der Waals surface area contributed by atoms with Crippen molar-refractivity contribution in [2.75, 3.05) is 18.0 Å². The number of amides is 1. The maximum absolute atomic E-state index is 12.5. The van der Waals surface area contributed by atoms with Crippen LogP contribution in [0, 0.1) is 17.8 Å². The minimum atomic E-state index is 0.295. The average Bonchev–Trinajstić information content (AvgIpc) is 3.11. The number of hydrogen-bond acceptors (Lipinski definition) is 3. The van der Waals surface area contributed by atoms with E-state index in [4.69, 9.17) is 0 Å². The number of nitrogens with one attached hydrogen (secondary N) is 1. The van der Waals surface area contributed by atoms with Crippen molar-refractivity contribution >= 4 is 11.6 Å². The lowest BCUT2D eigenvalue weighted by molar-refractivity contribution is -0.123. The van der Waals surface area contributed by atoms with Crippen molar-refractivity contribution in [1.82, 2.24) is 15.1 Å². The molecule has 2 aliphatic carbocycles. The van der Waals surface area contributed by atoms with Crippen LogP contribution in [0.4, 0.5) is 5.69 Å². The van der Waals surface area contributed by atoms with E-state index in [1.165, 1.54) is 31.4 Å². The van der Waals surface area contributed by atoms with Crippen LogP contribution in [0.1, 0.15) is 38.5 Å². The molecule has 3 fully saturated rings. The van der Waals surface area contributed by atoms with Crippen LogP contribution in [0.5, 0.6) is 0 Å². The Balaban J connectivity index is 1.34. The molecule has 0 spiro atoms.